The average molecular weight is 341 g/mol. The van der Waals surface area contributed by atoms with E-state index in [1.54, 1.807) is 0 Å². The quantitative estimate of drug-likeness (QED) is 0.782. The predicted octanol–water partition coefficient (Wildman–Crippen LogP) is 2.84. The topological polar surface area (TPSA) is 71.6 Å². The van der Waals surface area contributed by atoms with Crippen LogP contribution in [-0.4, -0.2) is 38.9 Å². The molecule has 3 rings (SSSR count). The lowest BCUT2D eigenvalue weighted by atomic mass is 10.1. The van der Waals surface area contributed by atoms with Crippen LogP contribution in [0.1, 0.15) is 0 Å². The Morgan fingerprint density at radius 1 is 1.16 bits per heavy atom. The molecule has 0 aliphatic carbocycles. The summed E-state index contributed by atoms with van der Waals surface area (Å²) in [6, 6.07) is 16.6. The molecule has 1 aliphatic heterocycles. The van der Waals surface area contributed by atoms with E-state index in [1.807, 2.05) is 54.6 Å². The van der Waals surface area contributed by atoms with Gasteiger partial charge in [-0.2, -0.15) is 0 Å². The molecule has 1 fully saturated rings. The zero-order chi connectivity index (χ0) is 17.3. The molecule has 132 valence electrons. The molecule has 2 amide bonds. The lowest BCUT2D eigenvalue weighted by Gasteiger charge is -2.16. The van der Waals surface area contributed by atoms with Crippen LogP contribution in [-0.2, 0) is 4.74 Å². The van der Waals surface area contributed by atoms with E-state index in [2.05, 4.69) is 16.0 Å². The zero-order valence-corrected chi connectivity index (χ0v) is 14.0. The highest BCUT2D eigenvalue weighted by Gasteiger charge is 2.14. The Bertz CT molecular complexity index is 671. The van der Waals surface area contributed by atoms with Crippen molar-refractivity contribution in [2.24, 2.45) is 5.92 Å². The number of anilines is 1. The molecule has 1 heterocycles. The summed E-state index contributed by atoms with van der Waals surface area (Å²) in [6.07, 6.45) is 0. The lowest BCUT2D eigenvalue weighted by Crippen LogP contribution is -2.37. The molecule has 0 unspecified atom stereocenters. The van der Waals surface area contributed by atoms with Crippen LogP contribution in [0.5, 0.6) is 11.5 Å². The third-order valence-electron chi connectivity index (χ3n) is 3.87. The molecule has 0 saturated carbocycles. The van der Waals surface area contributed by atoms with Gasteiger partial charge < -0.3 is 25.4 Å². The van der Waals surface area contributed by atoms with E-state index < -0.39 is 0 Å². The third kappa shape index (κ3) is 5.48. The molecule has 2 aromatic carbocycles. The molecule has 0 spiro atoms. The summed E-state index contributed by atoms with van der Waals surface area (Å²) in [5.74, 6) is 1.59. The maximum absolute atomic E-state index is 12.2. The van der Waals surface area contributed by atoms with E-state index >= 15 is 0 Å². The van der Waals surface area contributed by atoms with Crippen LogP contribution in [0.15, 0.2) is 54.6 Å². The number of urea groups is 1. The van der Waals surface area contributed by atoms with Crippen LogP contribution in [0.4, 0.5) is 10.5 Å². The fourth-order valence-corrected chi connectivity index (χ4v) is 2.57. The Morgan fingerprint density at radius 3 is 2.84 bits per heavy atom. The van der Waals surface area contributed by atoms with E-state index in [9.17, 15) is 4.79 Å². The maximum Gasteiger partial charge on any atom is 0.319 e. The lowest BCUT2D eigenvalue weighted by molar-refractivity contribution is 0.123. The number of para-hydroxylation sites is 3. The van der Waals surface area contributed by atoms with Gasteiger partial charge in [0, 0.05) is 25.6 Å². The number of hydrogen-bond donors (Lipinski definition) is 3. The van der Waals surface area contributed by atoms with Crippen LogP contribution in [0, 0.1) is 5.92 Å². The second kappa shape index (κ2) is 9.05. The van der Waals surface area contributed by atoms with Crippen molar-refractivity contribution in [2.75, 3.05) is 38.2 Å². The van der Waals surface area contributed by atoms with E-state index in [0.717, 1.165) is 18.8 Å². The molecule has 2 aromatic rings. The molecular weight excluding hydrogens is 318 g/mol. The van der Waals surface area contributed by atoms with Gasteiger partial charge in [-0.3, -0.25) is 0 Å². The number of carbonyl (C=O) groups is 1. The molecule has 3 N–H and O–H groups in total. The smallest absolute Gasteiger partial charge is 0.319 e. The van der Waals surface area contributed by atoms with Crippen LogP contribution in [0.3, 0.4) is 0 Å². The van der Waals surface area contributed by atoms with Crippen molar-refractivity contribution in [2.45, 2.75) is 0 Å². The molecule has 6 heteroatoms. The Balaban J connectivity index is 1.55. The highest BCUT2D eigenvalue weighted by Crippen LogP contribution is 2.28. The maximum atomic E-state index is 12.2. The molecule has 1 aliphatic rings. The largest absolute Gasteiger partial charge is 0.455 e. The molecule has 1 saturated heterocycles. The van der Waals surface area contributed by atoms with Gasteiger partial charge in [-0.05, 0) is 24.3 Å². The summed E-state index contributed by atoms with van der Waals surface area (Å²) >= 11 is 0. The van der Waals surface area contributed by atoms with Crippen LogP contribution >= 0.6 is 0 Å². The van der Waals surface area contributed by atoms with E-state index in [0.29, 0.717) is 31.2 Å². The molecule has 0 bridgehead atoms. The van der Waals surface area contributed by atoms with Crippen molar-refractivity contribution in [3.05, 3.63) is 54.6 Å². The van der Waals surface area contributed by atoms with Gasteiger partial charge in [-0.1, -0.05) is 30.3 Å². The molecular formula is C19H23N3O3. The summed E-state index contributed by atoms with van der Waals surface area (Å²) in [7, 11) is 0. The van der Waals surface area contributed by atoms with Crippen molar-refractivity contribution in [3.63, 3.8) is 0 Å². The Hall–Kier alpha value is -2.57. The van der Waals surface area contributed by atoms with Crippen molar-refractivity contribution in [3.8, 4) is 11.5 Å². The monoisotopic (exact) mass is 341 g/mol. The average Bonchev–Trinajstić information content (AvgIpc) is 2.91. The number of nitrogens with one attached hydrogen (secondary N) is 3. The second-order valence-corrected chi connectivity index (χ2v) is 5.89. The molecule has 0 radical (unpaired) electrons. The number of benzene rings is 2. The summed E-state index contributed by atoms with van der Waals surface area (Å²) < 4.78 is 11.3. The Morgan fingerprint density at radius 2 is 1.96 bits per heavy atom. The first-order chi connectivity index (χ1) is 12.3. The van der Waals surface area contributed by atoms with Crippen molar-refractivity contribution in [1.82, 2.24) is 10.6 Å². The molecule has 1 atom stereocenters. The van der Waals surface area contributed by atoms with E-state index in [-0.39, 0.29) is 11.9 Å². The summed E-state index contributed by atoms with van der Waals surface area (Å²) in [6.45, 7) is 3.62. The van der Waals surface area contributed by atoms with Crippen LogP contribution in [0.2, 0.25) is 0 Å². The van der Waals surface area contributed by atoms with Gasteiger partial charge in [0.25, 0.3) is 0 Å². The standard InChI is InChI=1S/C19H23N3O3/c23-19(21-13-15-12-20-10-11-24-14-15)22-17-8-4-5-9-18(17)25-16-6-2-1-3-7-16/h1-9,15,20H,10-14H2,(H2,21,22,23)/t15-/m1/s1. The van der Waals surface area contributed by atoms with Crippen molar-refractivity contribution < 1.29 is 14.3 Å². The van der Waals surface area contributed by atoms with Gasteiger partial charge in [0.2, 0.25) is 0 Å². The van der Waals surface area contributed by atoms with Gasteiger partial charge in [0.15, 0.2) is 5.75 Å². The predicted molar refractivity (Wildman–Crippen MR) is 97.2 cm³/mol. The fraction of sp³-hybridized carbons (Fsp3) is 0.316. The third-order valence-corrected chi connectivity index (χ3v) is 3.87. The van der Waals surface area contributed by atoms with Gasteiger partial charge >= 0.3 is 6.03 Å². The number of ether oxygens (including phenoxy) is 2. The normalized spacial score (nSPS) is 17.4. The SMILES string of the molecule is O=C(NC[C@H]1CNCCOC1)Nc1ccccc1Oc1ccccc1. The van der Waals surface area contributed by atoms with Crippen LogP contribution in [0.25, 0.3) is 0 Å². The summed E-state index contributed by atoms with van der Waals surface area (Å²) in [5.41, 5.74) is 0.624. The van der Waals surface area contributed by atoms with Crippen LogP contribution < -0.4 is 20.7 Å². The zero-order valence-electron chi connectivity index (χ0n) is 14.0. The summed E-state index contributed by atoms with van der Waals surface area (Å²) in [4.78, 5) is 12.2. The fourth-order valence-electron chi connectivity index (χ4n) is 2.57. The molecule has 6 nitrogen and oxygen atoms in total. The number of rotatable bonds is 5. The first-order valence-electron chi connectivity index (χ1n) is 8.46. The Kier molecular flexibility index (Phi) is 6.25. The van der Waals surface area contributed by atoms with Crippen molar-refractivity contribution >= 4 is 11.7 Å². The van der Waals surface area contributed by atoms with E-state index in [1.165, 1.54) is 0 Å². The second-order valence-electron chi connectivity index (χ2n) is 5.89. The van der Waals surface area contributed by atoms with Gasteiger partial charge in [-0.15, -0.1) is 0 Å². The molecule has 0 aromatic heterocycles. The van der Waals surface area contributed by atoms with Gasteiger partial charge in [-0.25, -0.2) is 4.79 Å². The number of hydrogen-bond acceptors (Lipinski definition) is 4. The minimum absolute atomic E-state index is 0.256. The van der Waals surface area contributed by atoms with Crippen molar-refractivity contribution in [1.29, 1.82) is 0 Å². The number of carbonyl (C=O) groups excluding carboxylic acids is 1. The Labute approximate surface area is 147 Å². The first kappa shape index (κ1) is 17.3. The highest BCUT2D eigenvalue weighted by atomic mass is 16.5. The first-order valence-corrected chi connectivity index (χ1v) is 8.46. The summed E-state index contributed by atoms with van der Waals surface area (Å²) in [5, 5.41) is 9.03. The highest BCUT2D eigenvalue weighted by molar-refractivity contribution is 5.90. The van der Waals surface area contributed by atoms with Gasteiger partial charge in [0.1, 0.15) is 5.75 Å². The van der Waals surface area contributed by atoms with E-state index in [4.69, 9.17) is 9.47 Å². The minimum Gasteiger partial charge on any atom is -0.455 e. The minimum atomic E-state index is -0.256. The molecule has 25 heavy (non-hydrogen) atoms. The number of amides is 2. The van der Waals surface area contributed by atoms with Gasteiger partial charge in [0.05, 0.1) is 18.9 Å².